The van der Waals surface area contributed by atoms with Gasteiger partial charge >= 0.3 is 0 Å². The minimum atomic E-state index is -0.445. The molecule has 120 valence electrons. The van der Waals surface area contributed by atoms with Gasteiger partial charge in [0.15, 0.2) is 0 Å². The van der Waals surface area contributed by atoms with Crippen molar-refractivity contribution in [2.45, 2.75) is 20.0 Å². The lowest BCUT2D eigenvalue weighted by Gasteiger charge is -2.11. The molecule has 0 amide bonds. The van der Waals surface area contributed by atoms with Crippen molar-refractivity contribution >= 4 is 33.5 Å². The van der Waals surface area contributed by atoms with Crippen LogP contribution in [0.1, 0.15) is 19.4 Å². The van der Waals surface area contributed by atoms with E-state index >= 15 is 0 Å². The highest BCUT2D eigenvalue weighted by Crippen LogP contribution is 2.26. The summed E-state index contributed by atoms with van der Waals surface area (Å²) in [6, 6.07) is 11.8. The molecule has 0 aliphatic carbocycles. The number of non-ortho nitro benzene ring substituents is 1. The van der Waals surface area contributed by atoms with Gasteiger partial charge in [0.1, 0.15) is 5.75 Å². The number of hydrogen-bond acceptors (Lipinski definition) is 5. The third-order valence-electron chi connectivity index (χ3n) is 2.78. The Kier molecular flexibility index (Phi) is 5.70. The molecule has 0 aromatic heterocycles. The standard InChI is InChI=1S/C16H16BrN3O3/c1-11(2)23-16-7-6-12(8-15(16)17)10-18-19-13-4-3-5-14(9-13)20(21)22/h3-11,19H,1-2H3. The molecule has 0 saturated heterocycles. The molecule has 0 aliphatic heterocycles. The molecule has 2 aromatic carbocycles. The Bertz CT molecular complexity index is 732. The van der Waals surface area contributed by atoms with Crippen LogP contribution in [0.4, 0.5) is 11.4 Å². The summed E-state index contributed by atoms with van der Waals surface area (Å²) in [7, 11) is 0. The lowest BCUT2D eigenvalue weighted by molar-refractivity contribution is -0.384. The fourth-order valence-corrected chi connectivity index (χ4v) is 2.31. The highest BCUT2D eigenvalue weighted by atomic mass is 79.9. The fourth-order valence-electron chi connectivity index (χ4n) is 1.82. The number of hydrazone groups is 1. The first-order chi connectivity index (χ1) is 11.0. The van der Waals surface area contributed by atoms with E-state index in [0.717, 1.165) is 15.8 Å². The van der Waals surface area contributed by atoms with Crippen molar-refractivity contribution in [3.63, 3.8) is 0 Å². The second-order valence-corrected chi connectivity index (χ2v) is 5.89. The van der Waals surface area contributed by atoms with E-state index in [1.807, 2.05) is 32.0 Å². The van der Waals surface area contributed by atoms with E-state index in [2.05, 4.69) is 26.5 Å². The Balaban J connectivity index is 2.04. The van der Waals surface area contributed by atoms with E-state index in [9.17, 15) is 10.1 Å². The molecule has 1 N–H and O–H groups in total. The summed E-state index contributed by atoms with van der Waals surface area (Å²) in [6.45, 7) is 3.93. The lowest BCUT2D eigenvalue weighted by Crippen LogP contribution is -2.06. The molecule has 0 fully saturated rings. The molecule has 0 aliphatic rings. The van der Waals surface area contributed by atoms with Gasteiger partial charge in [0, 0.05) is 12.1 Å². The van der Waals surface area contributed by atoms with E-state index in [1.54, 1.807) is 18.3 Å². The zero-order valence-electron chi connectivity index (χ0n) is 12.7. The van der Waals surface area contributed by atoms with E-state index in [4.69, 9.17) is 4.74 Å². The highest BCUT2D eigenvalue weighted by Gasteiger charge is 2.05. The van der Waals surface area contributed by atoms with Crippen LogP contribution in [0.5, 0.6) is 5.75 Å². The summed E-state index contributed by atoms with van der Waals surface area (Å²) in [5.74, 6) is 0.767. The molecule has 0 radical (unpaired) electrons. The summed E-state index contributed by atoms with van der Waals surface area (Å²) in [4.78, 5) is 10.3. The van der Waals surface area contributed by atoms with Gasteiger partial charge in [-0.15, -0.1) is 0 Å². The van der Waals surface area contributed by atoms with Gasteiger partial charge in [-0.05, 0) is 59.6 Å². The van der Waals surface area contributed by atoms with Crippen LogP contribution in [0.25, 0.3) is 0 Å². The quantitative estimate of drug-likeness (QED) is 0.453. The molecule has 23 heavy (non-hydrogen) atoms. The van der Waals surface area contributed by atoms with E-state index < -0.39 is 4.92 Å². The molecule has 0 heterocycles. The van der Waals surface area contributed by atoms with E-state index in [-0.39, 0.29) is 11.8 Å². The van der Waals surface area contributed by atoms with Crippen molar-refractivity contribution in [2.75, 3.05) is 5.43 Å². The van der Waals surface area contributed by atoms with Crippen LogP contribution in [0.3, 0.4) is 0 Å². The third kappa shape index (κ3) is 5.07. The van der Waals surface area contributed by atoms with Gasteiger partial charge in [0.25, 0.3) is 5.69 Å². The first-order valence-electron chi connectivity index (χ1n) is 6.95. The van der Waals surface area contributed by atoms with Crippen molar-refractivity contribution < 1.29 is 9.66 Å². The van der Waals surface area contributed by atoms with Crippen molar-refractivity contribution in [3.8, 4) is 5.75 Å². The van der Waals surface area contributed by atoms with Gasteiger partial charge < -0.3 is 4.74 Å². The van der Waals surface area contributed by atoms with Crippen molar-refractivity contribution in [2.24, 2.45) is 5.10 Å². The summed E-state index contributed by atoms with van der Waals surface area (Å²) in [6.07, 6.45) is 1.73. The number of nitro groups is 1. The van der Waals surface area contributed by atoms with E-state index in [1.165, 1.54) is 12.1 Å². The van der Waals surface area contributed by atoms with Crippen molar-refractivity contribution in [1.29, 1.82) is 0 Å². The molecule has 2 aromatic rings. The van der Waals surface area contributed by atoms with Crippen LogP contribution >= 0.6 is 15.9 Å². The van der Waals surface area contributed by atoms with Crippen LogP contribution in [0.15, 0.2) is 52.0 Å². The average Bonchev–Trinajstić information content (AvgIpc) is 2.50. The number of hydrogen-bond donors (Lipinski definition) is 1. The number of rotatable bonds is 6. The zero-order chi connectivity index (χ0) is 16.8. The second-order valence-electron chi connectivity index (χ2n) is 5.03. The summed E-state index contributed by atoms with van der Waals surface area (Å²) < 4.78 is 6.48. The zero-order valence-corrected chi connectivity index (χ0v) is 14.3. The van der Waals surface area contributed by atoms with E-state index in [0.29, 0.717) is 5.69 Å². The fraction of sp³-hybridized carbons (Fsp3) is 0.188. The predicted molar refractivity (Wildman–Crippen MR) is 94.2 cm³/mol. The number of anilines is 1. The Labute approximate surface area is 142 Å². The predicted octanol–water partition coefficient (Wildman–Crippen LogP) is 4.59. The van der Waals surface area contributed by atoms with Crippen LogP contribution in [0, 0.1) is 10.1 Å². The molecule has 0 bridgehead atoms. The van der Waals surface area contributed by atoms with Gasteiger partial charge in [-0.1, -0.05) is 6.07 Å². The number of ether oxygens (including phenoxy) is 1. The van der Waals surface area contributed by atoms with Crippen molar-refractivity contribution in [3.05, 3.63) is 62.6 Å². The number of benzene rings is 2. The van der Waals surface area contributed by atoms with Crippen LogP contribution in [0.2, 0.25) is 0 Å². The molecular weight excluding hydrogens is 362 g/mol. The minimum absolute atomic E-state index is 0.0168. The molecule has 6 nitrogen and oxygen atoms in total. The first-order valence-corrected chi connectivity index (χ1v) is 7.75. The molecule has 0 atom stereocenters. The van der Waals surface area contributed by atoms with Gasteiger partial charge in [0.2, 0.25) is 0 Å². The number of nitrogens with one attached hydrogen (secondary N) is 1. The summed E-state index contributed by atoms with van der Waals surface area (Å²) in [5.41, 5.74) is 4.21. The SMILES string of the molecule is CC(C)Oc1ccc(C=NNc2cccc([N+](=O)[O-])c2)cc1Br. The Morgan fingerprint density at radius 1 is 1.30 bits per heavy atom. The first kappa shape index (κ1) is 17.0. The second kappa shape index (κ2) is 7.73. The Morgan fingerprint density at radius 2 is 2.09 bits per heavy atom. The lowest BCUT2D eigenvalue weighted by atomic mass is 10.2. The summed E-state index contributed by atoms with van der Waals surface area (Å²) in [5, 5.41) is 14.8. The number of halogens is 1. The molecule has 0 saturated carbocycles. The average molecular weight is 378 g/mol. The van der Waals surface area contributed by atoms with Gasteiger partial charge in [0.05, 0.1) is 27.4 Å². The number of nitrogens with zero attached hydrogens (tertiary/aromatic N) is 2. The maximum absolute atomic E-state index is 10.7. The number of nitro benzene ring substituents is 1. The van der Waals surface area contributed by atoms with Gasteiger partial charge in [-0.2, -0.15) is 5.10 Å². The third-order valence-corrected chi connectivity index (χ3v) is 3.40. The smallest absolute Gasteiger partial charge is 0.271 e. The maximum atomic E-state index is 10.7. The van der Waals surface area contributed by atoms with Gasteiger partial charge in [-0.3, -0.25) is 15.5 Å². The highest BCUT2D eigenvalue weighted by molar-refractivity contribution is 9.10. The molecule has 7 heteroatoms. The van der Waals surface area contributed by atoms with Crippen LogP contribution < -0.4 is 10.2 Å². The molecule has 0 spiro atoms. The largest absolute Gasteiger partial charge is 0.490 e. The monoisotopic (exact) mass is 377 g/mol. The van der Waals surface area contributed by atoms with Gasteiger partial charge in [-0.25, -0.2) is 0 Å². The van der Waals surface area contributed by atoms with Crippen LogP contribution in [-0.2, 0) is 0 Å². The van der Waals surface area contributed by atoms with Crippen molar-refractivity contribution in [1.82, 2.24) is 0 Å². The topological polar surface area (TPSA) is 76.8 Å². The normalized spacial score (nSPS) is 11.0. The molecule has 0 unspecified atom stereocenters. The molecular formula is C16H16BrN3O3. The Hall–Kier alpha value is -2.41. The molecule has 2 rings (SSSR count). The van der Waals surface area contributed by atoms with Crippen LogP contribution in [-0.4, -0.2) is 17.2 Å². The Morgan fingerprint density at radius 3 is 2.74 bits per heavy atom. The maximum Gasteiger partial charge on any atom is 0.271 e. The minimum Gasteiger partial charge on any atom is -0.490 e. The summed E-state index contributed by atoms with van der Waals surface area (Å²) >= 11 is 3.46.